The first-order valence-corrected chi connectivity index (χ1v) is 26.0. The summed E-state index contributed by atoms with van der Waals surface area (Å²) in [5.74, 6) is -11.6. The van der Waals surface area contributed by atoms with Gasteiger partial charge in [-0.1, -0.05) is 72.8 Å². The molecule has 6 N–H and O–H groups in total. The van der Waals surface area contributed by atoms with Crippen molar-refractivity contribution >= 4 is 23.7 Å². The van der Waals surface area contributed by atoms with E-state index in [4.69, 9.17) is 5.84 Å². The third-order valence-corrected chi connectivity index (χ3v) is 13.6. The Morgan fingerprint density at radius 1 is 0.419 bits per heavy atom. The van der Waals surface area contributed by atoms with Crippen molar-refractivity contribution in [3.05, 3.63) is 272 Å². The van der Waals surface area contributed by atoms with Crippen molar-refractivity contribution in [2.75, 3.05) is 0 Å². The van der Waals surface area contributed by atoms with Gasteiger partial charge in [0.25, 0.3) is 17.7 Å². The fourth-order valence-corrected chi connectivity index (χ4v) is 9.36. The number of carbonyl (C=O) groups is 4. The summed E-state index contributed by atoms with van der Waals surface area (Å²) >= 11 is 0. The molecule has 0 fully saturated rings. The van der Waals surface area contributed by atoms with Crippen LogP contribution in [0.2, 0.25) is 0 Å². The van der Waals surface area contributed by atoms with Gasteiger partial charge in [-0.3, -0.25) is 19.8 Å². The van der Waals surface area contributed by atoms with E-state index in [0.29, 0.717) is 78.4 Å². The Balaban J connectivity index is 0.000000264. The highest BCUT2D eigenvalue weighted by molar-refractivity contribution is 5.97. The number of ether oxygens (including phenoxy) is 2. The van der Waals surface area contributed by atoms with Gasteiger partial charge < -0.3 is 25.2 Å². The summed E-state index contributed by atoms with van der Waals surface area (Å²) in [6.07, 6.45) is -30.5. The number of carboxylic acids is 1. The Morgan fingerprint density at radius 2 is 0.774 bits per heavy atom. The van der Waals surface area contributed by atoms with Gasteiger partial charge in [-0.05, 0) is 118 Å². The summed E-state index contributed by atoms with van der Waals surface area (Å²) < 4.78 is 284. The number of carbonyl (C=O) groups excluding carboxylic acids is 3. The number of nitrogens with two attached hydrogens (primary N) is 1. The SMILES string of the molecule is NNC(=O)c1cc([C@@](Cc2ccccc2)(NC(=O)c2ccc(F)c(C(F)(F)F)c2)c2cc(F)cc(OC(F)(F)C(F)F)c2)ccc1F.O=C(N[C@@](Cc1ccccc1)(c1cc(F)cc(OC(F)(F)C(F)F)c1)c1ccc(F)c(C(=O)O)c1)c1ccc(F)c(C(F)(F)F)c1. The van der Waals surface area contributed by atoms with Crippen molar-refractivity contribution in [2.24, 2.45) is 5.84 Å². The average Bonchev–Trinajstić information content (AvgIpc) is 0.758. The van der Waals surface area contributed by atoms with E-state index in [0.717, 1.165) is 24.3 Å². The van der Waals surface area contributed by atoms with Crippen molar-refractivity contribution in [1.29, 1.82) is 0 Å². The van der Waals surface area contributed by atoms with E-state index < -0.39 is 176 Å². The van der Waals surface area contributed by atoms with Crippen LogP contribution in [0.5, 0.6) is 11.5 Å². The van der Waals surface area contributed by atoms with Crippen LogP contribution >= 0.6 is 0 Å². The maximum atomic E-state index is 15.1. The first-order valence-electron chi connectivity index (χ1n) is 26.0. The molecule has 0 aliphatic carbocycles. The molecule has 0 heterocycles. The normalized spacial score (nSPS) is 13.2. The number of hydrazine groups is 1. The Bertz CT molecular complexity index is 4070. The molecule has 0 aliphatic heterocycles. The zero-order chi connectivity index (χ0) is 68.8. The van der Waals surface area contributed by atoms with Gasteiger partial charge >= 0.3 is 43.4 Å². The van der Waals surface area contributed by atoms with E-state index in [9.17, 15) is 103 Å². The minimum Gasteiger partial charge on any atom is -0.478 e. The lowest BCUT2D eigenvalue weighted by Crippen LogP contribution is -2.49. The second-order valence-corrected chi connectivity index (χ2v) is 19.9. The van der Waals surface area contributed by atoms with Gasteiger partial charge in [0.1, 0.15) is 46.4 Å². The van der Waals surface area contributed by atoms with Crippen molar-refractivity contribution in [2.45, 2.75) is 61.3 Å². The van der Waals surface area contributed by atoms with Gasteiger partial charge in [-0.25, -0.2) is 37.0 Å². The minimum absolute atomic E-state index is 0.161. The molecular formula is C62H40F20N4O7. The standard InChI is InChI=1S/C31H21F10N3O3.C31H19F10NO4/c32-20-11-19(12-21(14-20)47-31(40,41)28(35)36)29(15-16-4-2-1-3-5-16,18-7-9-24(33)22(13-18)27(46)44-42)43-26(45)17-6-8-25(34)23(10-17)30(37,38)39;32-20-11-19(12-21(14-20)46-31(40,41)28(35)36)29(15-16-4-2-1-3-5-16,18-7-9-24(33)22(13-18)27(44)45)42-26(43)17-6-8-25(34)23(10-17)30(37,38)39/h1-14,28H,15,42H2,(H,43,45)(H,44,46);1-14,28H,15H2,(H,42,43)(H,44,45)/t2*29-/m11/s1. The fourth-order valence-electron chi connectivity index (χ4n) is 9.36. The van der Waals surface area contributed by atoms with Gasteiger partial charge in [0, 0.05) is 36.1 Å². The molecule has 11 nitrogen and oxygen atoms in total. The predicted molar refractivity (Wildman–Crippen MR) is 287 cm³/mol. The minimum atomic E-state index is -5.25. The van der Waals surface area contributed by atoms with Crippen LogP contribution in [0.4, 0.5) is 87.8 Å². The van der Waals surface area contributed by atoms with Crippen molar-refractivity contribution in [3.63, 3.8) is 0 Å². The van der Waals surface area contributed by atoms with Crippen LogP contribution in [0.15, 0.2) is 170 Å². The Morgan fingerprint density at radius 3 is 1.12 bits per heavy atom. The molecule has 0 saturated carbocycles. The van der Waals surface area contributed by atoms with Crippen molar-refractivity contribution < 1.29 is 122 Å². The van der Waals surface area contributed by atoms with Gasteiger partial charge in [-0.15, -0.1) is 0 Å². The number of rotatable bonds is 20. The Hall–Kier alpha value is -10.2. The summed E-state index contributed by atoms with van der Waals surface area (Å²) in [6, 6.07) is 25.4. The first-order chi connectivity index (χ1) is 43.4. The lowest BCUT2D eigenvalue weighted by molar-refractivity contribution is -0.253. The highest BCUT2D eigenvalue weighted by Crippen LogP contribution is 2.42. The molecule has 0 saturated heterocycles. The van der Waals surface area contributed by atoms with E-state index in [1.807, 2.05) is 0 Å². The van der Waals surface area contributed by atoms with Crippen LogP contribution < -0.4 is 31.4 Å². The average molecular weight is 1330 g/mol. The smallest absolute Gasteiger partial charge is 0.461 e. The van der Waals surface area contributed by atoms with Crippen LogP contribution in [0.3, 0.4) is 0 Å². The largest absolute Gasteiger partial charge is 0.478 e. The Labute approximate surface area is 510 Å². The number of alkyl halides is 14. The molecule has 0 spiro atoms. The van der Waals surface area contributed by atoms with Crippen LogP contribution in [-0.2, 0) is 36.3 Å². The number of hydrogen-bond acceptors (Lipinski definition) is 7. The predicted octanol–water partition coefficient (Wildman–Crippen LogP) is 14.9. The second-order valence-electron chi connectivity index (χ2n) is 19.9. The van der Waals surface area contributed by atoms with Gasteiger partial charge in [0.05, 0.1) is 33.3 Å². The molecule has 93 heavy (non-hydrogen) atoms. The third-order valence-electron chi connectivity index (χ3n) is 13.6. The maximum absolute atomic E-state index is 15.1. The van der Waals surface area contributed by atoms with E-state index in [1.54, 1.807) is 17.6 Å². The highest BCUT2D eigenvalue weighted by atomic mass is 19.4. The fraction of sp³-hybridized carbons (Fsp3) is 0.161. The van der Waals surface area contributed by atoms with Crippen LogP contribution in [0, 0.1) is 34.9 Å². The molecule has 0 bridgehead atoms. The van der Waals surface area contributed by atoms with Crippen molar-refractivity contribution in [3.8, 4) is 11.5 Å². The van der Waals surface area contributed by atoms with Crippen molar-refractivity contribution in [1.82, 2.24) is 16.1 Å². The number of halogens is 20. The second kappa shape index (κ2) is 27.7. The van der Waals surface area contributed by atoms with Gasteiger partial charge in [0.2, 0.25) is 0 Å². The summed E-state index contributed by atoms with van der Waals surface area (Å²) in [6.45, 7) is 0. The molecule has 2 atom stereocenters. The number of hydrogen-bond donors (Lipinski definition) is 5. The lowest BCUT2D eigenvalue weighted by atomic mass is 9.77. The van der Waals surface area contributed by atoms with Gasteiger partial charge in [0.15, 0.2) is 0 Å². The highest BCUT2D eigenvalue weighted by Gasteiger charge is 2.47. The molecular weight excluding hydrogens is 1290 g/mol. The molecule has 3 amide bonds. The van der Waals surface area contributed by atoms with Gasteiger partial charge in [-0.2, -0.15) is 61.5 Å². The first kappa shape index (κ1) is 70.3. The van der Waals surface area contributed by atoms with E-state index in [1.165, 1.54) is 48.5 Å². The summed E-state index contributed by atoms with van der Waals surface area (Å²) in [5.41, 5.74) is -11.1. The van der Waals surface area contributed by atoms with E-state index in [-0.39, 0.29) is 28.8 Å². The molecule has 8 aromatic carbocycles. The Kier molecular flexibility index (Phi) is 20.9. The number of nitrogens with one attached hydrogen (secondary N) is 3. The molecule has 0 radical (unpaired) electrons. The quantitative estimate of drug-likeness (QED) is 0.0217. The number of nitrogen functional groups attached to an aromatic ring is 1. The summed E-state index contributed by atoms with van der Waals surface area (Å²) in [4.78, 5) is 51.6. The number of amides is 3. The number of benzene rings is 8. The summed E-state index contributed by atoms with van der Waals surface area (Å²) in [7, 11) is 0. The van der Waals surface area contributed by atoms with E-state index in [2.05, 4.69) is 20.1 Å². The van der Waals surface area contributed by atoms with E-state index >= 15 is 8.78 Å². The lowest BCUT2D eigenvalue weighted by Gasteiger charge is -2.37. The molecule has 31 heteroatoms. The van der Waals surface area contributed by atoms with Crippen LogP contribution in [0.25, 0.3) is 0 Å². The third kappa shape index (κ3) is 16.5. The molecule has 8 rings (SSSR count). The molecule has 0 aromatic heterocycles. The van der Waals surface area contributed by atoms with Crippen LogP contribution in [0.1, 0.15) is 85.9 Å². The molecule has 8 aromatic rings. The zero-order valence-electron chi connectivity index (χ0n) is 46.3. The maximum Gasteiger partial charge on any atom is 0.461 e. The monoisotopic (exact) mass is 1330 g/mol. The topological polar surface area (TPSA) is 169 Å². The summed E-state index contributed by atoms with van der Waals surface area (Å²) in [5, 5.41) is 14.3. The zero-order valence-corrected chi connectivity index (χ0v) is 46.3. The molecule has 0 unspecified atom stereocenters. The number of carboxylic acid groups (broad SMARTS) is 1. The molecule has 490 valence electrons. The van der Waals surface area contributed by atoms with Crippen LogP contribution in [-0.4, -0.2) is 53.9 Å². The molecule has 0 aliphatic rings. The number of aromatic carboxylic acids is 1.